The van der Waals surface area contributed by atoms with Crippen LogP contribution in [0.2, 0.25) is 0 Å². The molecule has 0 saturated carbocycles. The van der Waals surface area contributed by atoms with Crippen molar-refractivity contribution in [2.45, 2.75) is 51.3 Å². The van der Waals surface area contributed by atoms with Crippen molar-refractivity contribution in [1.82, 2.24) is 10.2 Å². The van der Waals surface area contributed by atoms with E-state index in [1.54, 1.807) is 26.0 Å². The van der Waals surface area contributed by atoms with Gasteiger partial charge in [-0.25, -0.2) is 0 Å². The fourth-order valence-electron chi connectivity index (χ4n) is 3.43. The third-order valence-corrected chi connectivity index (χ3v) is 4.70. The number of rotatable bonds is 7. The molecular weight excluding hydrogens is 390 g/mol. The monoisotopic (exact) mass is 415 g/mol. The highest BCUT2D eigenvalue weighted by Crippen LogP contribution is 2.34. The molecule has 160 valence electrons. The molecule has 0 spiro atoms. The lowest BCUT2D eigenvalue weighted by atomic mass is 10.0. The van der Waals surface area contributed by atoms with Gasteiger partial charge in [0.2, 0.25) is 5.91 Å². The van der Waals surface area contributed by atoms with E-state index in [4.69, 9.17) is 15.2 Å². The number of hydrogen-bond acceptors (Lipinski definition) is 7. The molecule has 1 unspecified atom stereocenters. The number of nitrogens with one attached hydrogen (secondary N) is 1. The van der Waals surface area contributed by atoms with Gasteiger partial charge >= 0.3 is 5.97 Å². The molecule has 2 aliphatic rings. The number of imide groups is 1. The molecule has 9 nitrogen and oxygen atoms in total. The number of esters is 1. The molecule has 1 fully saturated rings. The summed E-state index contributed by atoms with van der Waals surface area (Å²) < 4.78 is 10.7. The lowest BCUT2D eigenvalue weighted by Gasteiger charge is -2.29. The van der Waals surface area contributed by atoms with Crippen LogP contribution < -0.4 is 15.8 Å². The number of carbonyl (C=O) groups is 4. The fourth-order valence-corrected chi connectivity index (χ4v) is 3.43. The molecule has 0 aliphatic carbocycles. The molecule has 0 radical (unpaired) electrons. The maximum absolute atomic E-state index is 13.0. The number of allylic oxidation sites excluding steroid dienone is 1. The Labute approximate surface area is 174 Å². The SMILES string of the molecule is C=C1CCC(N2C(=O)c3cccc(OCCCC(=O)OC(C)(C)N)c3C2=O)C(=O)N1. The number of fused-ring (bicyclic) bond motifs is 1. The summed E-state index contributed by atoms with van der Waals surface area (Å²) in [5.74, 6) is -1.73. The Morgan fingerprint density at radius 1 is 1.30 bits per heavy atom. The lowest BCUT2D eigenvalue weighted by Crippen LogP contribution is -2.51. The van der Waals surface area contributed by atoms with Gasteiger partial charge in [-0.2, -0.15) is 0 Å². The van der Waals surface area contributed by atoms with Crippen molar-refractivity contribution < 1.29 is 28.7 Å². The number of carbonyl (C=O) groups excluding carboxylic acids is 4. The zero-order chi connectivity index (χ0) is 22.1. The largest absolute Gasteiger partial charge is 0.493 e. The van der Waals surface area contributed by atoms with Gasteiger partial charge in [-0.05, 0) is 45.2 Å². The maximum Gasteiger partial charge on any atom is 0.307 e. The average molecular weight is 415 g/mol. The second-order valence-corrected chi connectivity index (χ2v) is 7.84. The van der Waals surface area contributed by atoms with Crippen molar-refractivity contribution in [3.8, 4) is 5.75 Å². The van der Waals surface area contributed by atoms with E-state index < -0.39 is 35.5 Å². The first-order chi connectivity index (χ1) is 14.1. The van der Waals surface area contributed by atoms with Crippen LogP contribution in [0, 0.1) is 0 Å². The van der Waals surface area contributed by atoms with E-state index in [1.807, 2.05) is 0 Å². The van der Waals surface area contributed by atoms with E-state index in [2.05, 4.69) is 11.9 Å². The molecule has 0 bridgehead atoms. The molecule has 1 aromatic rings. The van der Waals surface area contributed by atoms with Gasteiger partial charge in [0.25, 0.3) is 11.8 Å². The van der Waals surface area contributed by atoms with E-state index in [0.29, 0.717) is 25.0 Å². The minimum atomic E-state index is -1.05. The summed E-state index contributed by atoms with van der Waals surface area (Å²) in [7, 11) is 0. The Balaban J connectivity index is 1.67. The molecule has 3 amide bonds. The van der Waals surface area contributed by atoms with E-state index in [9.17, 15) is 19.2 Å². The third kappa shape index (κ3) is 4.51. The number of nitrogens with zero attached hydrogens (tertiary/aromatic N) is 1. The van der Waals surface area contributed by atoms with Crippen LogP contribution in [0.1, 0.15) is 60.2 Å². The van der Waals surface area contributed by atoms with Gasteiger partial charge in [0.15, 0.2) is 5.72 Å². The minimum absolute atomic E-state index is 0.0980. The fraction of sp³-hybridized carbons (Fsp3) is 0.429. The van der Waals surface area contributed by atoms with Crippen LogP contribution >= 0.6 is 0 Å². The van der Waals surface area contributed by atoms with Gasteiger partial charge in [-0.3, -0.25) is 29.8 Å². The van der Waals surface area contributed by atoms with Crippen LogP contribution in [0.5, 0.6) is 5.75 Å². The predicted octanol–water partition coefficient (Wildman–Crippen LogP) is 1.47. The Morgan fingerprint density at radius 2 is 2.03 bits per heavy atom. The predicted molar refractivity (Wildman–Crippen MR) is 106 cm³/mol. The number of hydrogen-bond donors (Lipinski definition) is 2. The molecule has 1 saturated heterocycles. The second kappa shape index (κ2) is 8.27. The Bertz CT molecular complexity index is 918. The van der Waals surface area contributed by atoms with Gasteiger partial charge in [-0.1, -0.05) is 12.6 Å². The molecule has 2 heterocycles. The Morgan fingerprint density at radius 3 is 2.70 bits per heavy atom. The molecule has 9 heteroatoms. The van der Waals surface area contributed by atoms with Crippen LogP contribution in [-0.4, -0.2) is 47.0 Å². The molecule has 3 N–H and O–H groups in total. The molecule has 1 aromatic carbocycles. The van der Waals surface area contributed by atoms with Gasteiger partial charge in [0, 0.05) is 12.1 Å². The van der Waals surface area contributed by atoms with Crippen molar-refractivity contribution in [2.24, 2.45) is 5.73 Å². The van der Waals surface area contributed by atoms with E-state index in [1.165, 1.54) is 6.07 Å². The highest BCUT2D eigenvalue weighted by Gasteiger charge is 2.45. The summed E-state index contributed by atoms with van der Waals surface area (Å²) in [5, 5.41) is 2.59. The van der Waals surface area contributed by atoms with Gasteiger partial charge in [0.1, 0.15) is 11.8 Å². The topological polar surface area (TPSA) is 128 Å². The smallest absolute Gasteiger partial charge is 0.307 e. The van der Waals surface area contributed by atoms with E-state index in [0.717, 1.165) is 4.90 Å². The van der Waals surface area contributed by atoms with Crippen molar-refractivity contribution >= 4 is 23.7 Å². The average Bonchev–Trinajstić information content (AvgIpc) is 2.89. The summed E-state index contributed by atoms with van der Waals surface area (Å²) in [6.45, 7) is 7.00. The normalized spacial score (nSPS) is 18.9. The molecule has 2 aliphatic heterocycles. The molecule has 1 atom stereocenters. The number of amides is 3. The van der Waals surface area contributed by atoms with E-state index >= 15 is 0 Å². The summed E-state index contributed by atoms with van der Waals surface area (Å²) in [5.41, 5.74) is 5.47. The van der Waals surface area contributed by atoms with Crippen molar-refractivity contribution in [2.75, 3.05) is 6.61 Å². The second-order valence-electron chi connectivity index (χ2n) is 7.84. The number of benzene rings is 1. The summed E-state index contributed by atoms with van der Waals surface area (Å²) in [6, 6.07) is 3.84. The van der Waals surface area contributed by atoms with Crippen LogP contribution in [0.25, 0.3) is 0 Å². The standard InChI is InChI=1S/C21H25N3O6/c1-12-9-10-14(18(26)23-12)24-19(27)13-6-4-7-15(17(13)20(24)28)29-11-5-8-16(25)30-21(2,3)22/h4,6-7,14H,1,5,8-11,22H2,2-3H3,(H,23,26). The maximum atomic E-state index is 13.0. The van der Waals surface area contributed by atoms with Crippen molar-refractivity contribution in [1.29, 1.82) is 0 Å². The summed E-state index contributed by atoms with van der Waals surface area (Å²) in [4.78, 5) is 50.8. The van der Waals surface area contributed by atoms with E-state index in [-0.39, 0.29) is 29.9 Å². The molecule has 0 aromatic heterocycles. The highest BCUT2D eigenvalue weighted by atomic mass is 16.6. The summed E-state index contributed by atoms with van der Waals surface area (Å²) >= 11 is 0. The Kier molecular flexibility index (Phi) is 5.93. The van der Waals surface area contributed by atoms with Gasteiger partial charge in [0.05, 0.1) is 17.7 Å². The zero-order valence-corrected chi connectivity index (χ0v) is 17.0. The van der Waals surface area contributed by atoms with Crippen LogP contribution in [0.3, 0.4) is 0 Å². The number of nitrogens with two attached hydrogens (primary N) is 1. The molecule has 3 rings (SSSR count). The number of ether oxygens (including phenoxy) is 2. The highest BCUT2D eigenvalue weighted by molar-refractivity contribution is 6.24. The van der Waals surface area contributed by atoms with Gasteiger partial charge in [-0.15, -0.1) is 0 Å². The van der Waals surface area contributed by atoms with Crippen molar-refractivity contribution in [3.63, 3.8) is 0 Å². The lowest BCUT2D eigenvalue weighted by molar-refractivity contribution is -0.156. The zero-order valence-electron chi connectivity index (χ0n) is 17.0. The third-order valence-electron chi connectivity index (χ3n) is 4.70. The first kappa shape index (κ1) is 21.5. The molecule has 30 heavy (non-hydrogen) atoms. The van der Waals surface area contributed by atoms with Crippen LogP contribution in [0.4, 0.5) is 0 Å². The first-order valence-corrected chi connectivity index (χ1v) is 9.71. The van der Waals surface area contributed by atoms with Crippen LogP contribution in [-0.2, 0) is 14.3 Å². The quantitative estimate of drug-likeness (QED) is 0.299. The van der Waals surface area contributed by atoms with Crippen molar-refractivity contribution in [3.05, 3.63) is 41.6 Å². The molecular formula is C21H25N3O6. The van der Waals surface area contributed by atoms with Gasteiger partial charge < -0.3 is 14.8 Å². The first-order valence-electron chi connectivity index (χ1n) is 9.71. The van der Waals surface area contributed by atoms with Crippen LogP contribution in [0.15, 0.2) is 30.5 Å². The summed E-state index contributed by atoms with van der Waals surface area (Å²) in [6.07, 6.45) is 1.26. The number of piperidine rings is 1. The Hall–Kier alpha value is -3.20. The minimum Gasteiger partial charge on any atom is -0.493 e.